The first-order valence-electron chi connectivity index (χ1n) is 5.95. The topological polar surface area (TPSA) is 43.8 Å². The van der Waals surface area contributed by atoms with Crippen LogP contribution >= 0.6 is 0 Å². The zero-order valence-electron chi connectivity index (χ0n) is 9.67. The van der Waals surface area contributed by atoms with Crippen LogP contribution < -0.4 is 10.4 Å². The fourth-order valence-corrected chi connectivity index (χ4v) is 2.07. The molecule has 2 saturated heterocycles. The Bertz CT molecular complexity index is 361. The number of nitrogens with zero attached hydrogens (tertiary/aromatic N) is 2. The van der Waals surface area contributed by atoms with Gasteiger partial charge in [0.15, 0.2) is 0 Å². The van der Waals surface area contributed by atoms with Gasteiger partial charge in [-0.3, -0.25) is 0 Å². The molecule has 1 aromatic rings. The molecule has 90 valence electrons. The molecule has 0 atom stereocenters. The van der Waals surface area contributed by atoms with E-state index in [1.54, 1.807) is 0 Å². The highest BCUT2D eigenvalue weighted by atomic mass is 16.6. The van der Waals surface area contributed by atoms with Crippen molar-refractivity contribution < 1.29 is 14.0 Å². The molecule has 3 rings (SSSR count). The van der Waals surface area contributed by atoms with Crippen LogP contribution in [0.5, 0.6) is 0 Å². The number of rotatable bonds is 2. The van der Waals surface area contributed by atoms with Gasteiger partial charge in [0.25, 0.3) is 0 Å². The lowest BCUT2D eigenvalue weighted by molar-refractivity contribution is 0.122. The summed E-state index contributed by atoms with van der Waals surface area (Å²) in [5, 5.41) is 0. The molecular weight excluding hydrogens is 219 g/mol. The van der Waals surface area contributed by atoms with Gasteiger partial charge in [-0.05, 0) is 6.07 Å². The lowest BCUT2D eigenvalue weighted by Gasteiger charge is -2.27. The minimum absolute atomic E-state index is 0.235. The van der Waals surface area contributed by atoms with Gasteiger partial charge in [-0.25, -0.2) is 4.98 Å². The van der Waals surface area contributed by atoms with Crippen LogP contribution in [0.25, 0.3) is 0 Å². The second kappa shape index (κ2) is 5.04. The van der Waals surface area contributed by atoms with E-state index in [0.29, 0.717) is 13.2 Å². The third kappa shape index (κ3) is 2.43. The van der Waals surface area contributed by atoms with Gasteiger partial charge in [0, 0.05) is 24.7 Å². The predicted molar refractivity (Wildman–Crippen MR) is 64.6 cm³/mol. The van der Waals surface area contributed by atoms with Gasteiger partial charge in [0.1, 0.15) is 5.82 Å². The summed E-state index contributed by atoms with van der Waals surface area (Å²) in [5.74, 6) is 0.995. The highest BCUT2D eigenvalue weighted by molar-refractivity contribution is 6.61. The van der Waals surface area contributed by atoms with Crippen molar-refractivity contribution in [3.8, 4) is 0 Å². The smallest absolute Gasteiger partial charge is 0.405 e. The largest absolute Gasteiger partial charge is 0.495 e. The minimum Gasteiger partial charge on any atom is -0.405 e. The SMILES string of the molecule is c1cc(N2CCOCC2)ncc1B1OCCO1. The van der Waals surface area contributed by atoms with Crippen LogP contribution in [0.1, 0.15) is 0 Å². The summed E-state index contributed by atoms with van der Waals surface area (Å²) in [7, 11) is -0.235. The number of hydrogen-bond acceptors (Lipinski definition) is 5. The molecule has 0 saturated carbocycles. The van der Waals surface area contributed by atoms with Crippen LogP contribution in [0.3, 0.4) is 0 Å². The molecule has 0 N–H and O–H groups in total. The van der Waals surface area contributed by atoms with Gasteiger partial charge in [0.2, 0.25) is 0 Å². The van der Waals surface area contributed by atoms with Gasteiger partial charge in [0.05, 0.1) is 26.4 Å². The monoisotopic (exact) mass is 234 g/mol. The van der Waals surface area contributed by atoms with Crippen molar-refractivity contribution >= 4 is 18.4 Å². The van der Waals surface area contributed by atoms with Crippen LogP contribution in [-0.4, -0.2) is 51.6 Å². The first kappa shape index (κ1) is 11.0. The van der Waals surface area contributed by atoms with E-state index in [0.717, 1.165) is 37.6 Å². The summed E-state index contributed by atoms with van der Waals surface area (Å²) < 4.78 is 16.2. The van der Waals surface area contributed by atoms with Crippen molar-refractivity contribution in [2.75, 3.05) is 44.4 Å². The molecule has 0 aromatic carbocycles. The van der Waals surface area contributed by atoms with Crippen molar-refractivity contribution in [3.05, 3.63) is 18.3 Å². The van der Waals surface area contributed by atoms with Crippen molar-refractivity contribution in [2.45, 2.75) is 0 Å². The van der Waals surface area contributed by atoms with Gasteiger partial charge in [-0.15, -0.1) is 0 Å². The number of pyridine rings is 1. The molecule has 0 unspecified atom stereocenters. The number of morpholine rings is 1. The molecule has 0 spiro atoms. The van der Waals surface area contributed by atoms with Gasteiger partial charge in [-0.2, -0.15) is 0 Å². The van der Waals surface area contributed by atoms with E-state index in [4.69, 9.17) is 14.0 Å². The number of aromatic nitrogens is 1. The van der Waals surface area contributed by atoms with E-state index in [1.165, 1.54) is 0 Å². The molecule has 3 heterocycles. The maximum Gasteiger partial charge on any atom is 0.495 e. The summed E-state index contributed by atoms with van der Waals surface area (Å²) in [4.78, 5) is 6.68. The van der Waals surface area contributed by atoms with E-state index in [-0.39, 0.29) is 7.12 Å². The maximum atomic E-state index is 5.43. The molecule has 1 aromatic heterocycles. The zero-order valence-corrected chi connectivity index (χ0v) is 9.67. The Morgan fingerprint density at radius 2 is 1.82 bits per heavy atom. The van der Waals surface area contributed by atoms with Crippen LogP contribution in [-0.2, 0) is 14.0 Å². The average Bonchev–Trinajstić information content (AvgIpc) is 2.94. The Morgan fingerprint density at radius 1 is 1.06 bits per heavy atom. The van der Waals surface area contributed by atoms with Crippen molar-refractivity contribution in [1.29, 1.82) is 0 Å². The molecule has 0 aliphatic carbocycles. The Hall–Kier alpha value is -1.11. The zero-order chi connectivity index (χ0) is 11.5. The Labute approximate surface area is 101 Å². The normalized spacial score (nSPS) is 20.9. The Kier molecular flexibility index (Phi) is 3.26. The predicted octanol–water partition coefficient (Wildman–Crippen LogP) is -0.340. The molecule has 2 aliphatic rings. The van der Waals surface area contributed by atoms with Crippen molar-refractivity contribution in [3.63, 3.8) is 0 Å². The third-order valence-electron chi connectivity index (χ3n) is 3.00. The highest BCUT2D eigenvalue weighted by Gasteiger charge is 2.26. The van der Waals surface area contributed by atoms with Crippen LogP contribution in [0.15, 0.2) is 18.3 Å². The number of anilines is 1. The molecule has 6 heteroatoms. The molecular formula is C11H15BN2O3. The molecule has 5 nitrogen and oxygen atoms in total. The average molecular weight is 234 g/mol. The van der Waals surface area contributed by atoms with E-state index in [2.05, 4.69) is 9.88 Å². The summed E-state index contributed by atoms with van der Waals surface area (Å²) in [6.07, 6.45) is 1.83. The van der Waals surface area contributed by atoms with E-state index in [1.807, 2.05) is 18.3 Å². The second-order valence-corrected chi connectivity index (χ2v) is 4.12. The third-order valence-corrected chi connectivity index (χ3v) is 3.00. The summed E-state index contributed by atoms with van der Waals surface area (Å²) >= 11 is 0. The summed E-state index contributed by atoms with van der Waals surface area (Å²) in [6, 6.07) is 4.04. The first-order valence-corrected chi connectivity index (χ1v) is 5.95. The number of ether oxygens (including phenoxy) is 1. The molecule has 0 bridgehead atoms. The van der Waals surface area contributed by atoms with Crippen LogP contribution in [0.2, 0.25) is 0 Å². The Morgan fingerprint density at radius 3 is 2.47 bits per heavy atom. The summed E-state index contributed by atoms with van der Waals surface area (Å²) in [5.41, 5.74) is 0.986. The van der Waals surface area contributed by atoms with E-state index in [9.17, 15) is 0 Å². The van der Waals surface area contributed by atoms with Crippen LogP contribution in [0, 0.1) is 0 Å². The molecule has 0 radical (unpaired) electrons. The van der Waals surface area contributed by atoms with Gasteiger partial charge in [-0.1, -0.05) is 6.07 Å². The molecule has 17 heavy (non-hydrogen) atoms. The number of hydrogen-bond donors (Lipinski definition) is 0. The quantitative estimate of drug-likeness (QED) is 0.655. The van der Waals surface area contributed by atoms with E-state index < -0.39 is 0 Å². The van der Waals surface area contributed by atoms with Crippen molar-refractivity contribution in [2.24, 2.45) is 0 Å². The lowest BCUT2D eigenvalue weighted by Crippen LogP contribution is -2.37. The molecule has 2 fully saturated rings. The maximum absolute atomic E-state index is 5.43. The molecule has 0 amide bonds. The van der Waals surface area contributed by atoms with Gasteiger partial charge >= 0.3 is 7.12 Å². The Balaban J connectivity index is 1.70. The lowest BCUT2D eigenvalue weighted by atomic mass is 9.81. The highest BCUT2D eigenvalue weighted by Crippen LogP contribution is 2.11. The standard InChI is InChI=1S/C11H15BN2O3/c1-2-11(14-3-5-15-6-4-14)13-9-10(1)12-16-7-8-17-12/h1-2,9H,3-8H2. The summed E-state index contributed by atoms with van der Waals surface area (Å²) in [6.45, 7) is 4.69. The van der Waals surface area contributed by atoms with Gasteiger partial charge < -0.3 is 18.9 Å². The fourth-order valence-electron chi connectivity index (χ4n) is 2.07. The van der Waals surface area contributed by atoms with Crippen LogP contribution in [0.4, 0.5) is 5.82 Å². The first-order chi connectivity index (χ1) is 8.43. The minimum atomic E-state index is -0.235. The van der Waals surface area contributed by atoms with E-state index >= 15 is 0 Å². The molecule has 2 aliphatic heterocycles. The fraction of sp³-hybridized carbons (Fsp3) is 0.545. The second-order valence-electron chi connectivity index (χ2n) is 4.12. The van der Waals surface area contributed by atoms with Crippen molar-refractivity contribution in [1.82, 2.24) is 4.98 Å².